The number of pyridine rings is 1. The Labute approximate surface area is 200 Å². The smallest absolute Gasteiger partial charge is 0.280 e. The average molecular weight is 469 g/mol. The maximum absolute atomic E-state index is 12.1. The second-order valence-electron chi connectivity index (χ2n) is 8.99. The number of anilines is 1. The minimum atomic E-state index is -0.187. The first kappa shape index (κ1) is 21.2. The topological polar surface area (TPSA) is 108 Å². The molecule has 176 valence electrons. The molecule has 35 heavy (non-hydrogen) atoms. The highest BCUT2D eigenvalue weighted by Gasteiger charge is 2.45. The van der Waals surface area contributed by atoms with Gasteiger partial charge >= 0.3 is 0 Å². The van der Waals surface area contributed by atoms with Gasteiger partial charge in [0.05, 0.1) is 6.33 Å². The van der Waals surface area contributed by atoms with E-state index in [4.69, 9.17) is 4.52 Å². The summed E-state index contributed by atoms with van der Waals surface area (Å²) in [5, 5.41) is 3.48. The lowest BCUT2D eigenvalue weighted by molar-refractivity contribution is 0.368. The van der Waals surface area contributed by atoms with Gasteiger partial charge in [-0.25, -0.2) is 9.97 Å². The molecular weight excluding hydrogens is 444 g/mol. The molecule has 1 aliphatic heterocycles. The van der Waals surface area contributed by atoms with Crippen LogP contribution in [0.25, 0.3) is 22.3 Å². The van der Waals surface area contributed by atoms with Crippen molar-refractivity contribution in [2.75, 3.05) is 18.0 Å². The first-order valence-corrected chi connectivity index (χ1v) is 11.5. The molecule has 10 heteroatoms. The Morgan fingerprint density at radius 1 is 1.00 bits per heavy atom. The summed E-state index contributed by atoms with van der Waals surface area (Å²) in [6.45, 7) is 2.71. The lowest BCUT2D eigenvalue weighted by atomic mass is 10.1. The zero-order chi connectivity index (χ0) is 23.8. The van der Waals surface area contributed by atoms with Crippen LogP contribution in [0.2, 0.25) is 0 Å². The molecule has 0 radical (unpaired) electrons. The molecule has 7 rings (SSSR count). The number of hydrogen-bond donors (Lipinski definition) is 0. The lowest BCUT2D eigenvalue weighted by Crippen LogP contribution is -2.22. The third-order valence-electron chi connectivity index (χ3n) is 6.62. The Morgan fingerprint density at radius 3 is 2.57 bits per heavy atom. The fourth-order valence-corrected chi connectivity index (χ4v) is 4.63. The number of nitrogens with zero attached hydrogens (tertiary/aromatic N) is 8. The Hall–Kier alpha value is -4.34. The van der Waals surface area contributed by atoms with E-state index in [1.807, 2.05) is 12.4 Å². The molecule has 0 N–H and O–H groups in total. The fraction of sp³-hybridized carbons (Fsp3) is 0.280. The Bertz CT molecular complexity index is 1500. The molecule has 10 nitrogen and oxygen atoms in total. The first-order chi connectivity index (χ1) is 17.2. The Morgan fingerprint density at radius 2 is 1.80 bits per heavy atom. The minimum Gasteiger partial charge on any atom is -0.371 e. The van der Waals surface area contributed by atoms with Gasteiger partial charge in [-0.15, -0.1) is 0 Å². The molecule has 0 spiro atoms. The summed E-state index contributed by atoms with van der Waals surface area (Å²) in [4.78, 5) is 30.7. The van der Waals surface area contributed by atoms with E-state index in [-0.39, 0.29) is 12.1 Å². The van der Waals surface area contributed by atoms with Crippen molar-refractivity contribution in [1.82, 2.24) is 34.2 Å². The van der Waals surface area contributed by atoms with E-state index in [1.165, 1.54) is 53.5 Å². The maximum atomic E-state index is 12.1. The highest BCUT2D eigenvalue weighted by atomic mass is 16.5. The fourth-order valence-electron chi connectivity index (χ4n) is 4.63. The summed E-state index contributed by atoms with van der Waals surface area (Å²) in [7, 11) is 1.75. The van der Waals surface area contributed by atoms with Crippen molar-refractivity contribution in [3.05, 3.63) is 84.0 Å². The van der Waals surface area contributed by atoms with Crippen LogP contribution in [-0.4, -0.2) is 47.3 Å². The summed E-state index contributed by atoms with van der Waals surface area (Å²) in [5.41, 5.74) is 4.60. The number of benzene rings is 1. The van der Waals surface area contributed by atoms with Crippen molar-refractivity contribution in [3.63, 3.8) is 0 Å². The quantitative estimate of drug-likeness (QED) is 0.396. The summed E-state index contributed by atoms with van der Waals surface area (Å²) >= 11 is 0. The first-order valence-electron chi connectivity index (χ1n) is 11.5. The molecule has 0 unspecified atom stereocenters. The SMILES string of the molecule is Cn1cnc2ncn(Cc3ncno3)c(=O)c21.c1cc(-c2ccncc2)cc(N2C[C@H]3C[C@H]3C2)c1. The molecule has 1 saturated heterocycles. The third kappa shape index (κ3) is 4.30. The predicted octanol–water partition coefficient (Wildman–Crippen LogP) is 2.77. The molecule has 5 heterocycles. The number of piperidine rings is 1. The average Bonchev–Trinajstić information content (AvgIpc) is 3.27. The van der Waals surface area contributed by atoms with Crippen molar-refractivity contribution >= 4 is 16.9 Å². The van der Waals surface area contributed by atoms with Gasteiger partial charge < -0.3 is 14.0 Å². The molecule has 0 bridgehead atoms. The van der Waals surface area contributed by atoms with E-state index < -0.39 is 0 Å². The predicted molar refractivity (Wildman–Crippen MR) is 130 cm³/mol. The van der Waals surface area contributed by atoms with E-state index in [0.29, 0.717) is 17.1 Å². The minimum absolute atomic E-state index is 0.187. The number of imidazole rings is 1. The monoisotopic (exact) mass is 468 g/mol. The molecule has 4 aromatic heterocycles. The van der Waals surface area contributed by atoms with Crippen LogP contribution >= 0.6 is 0 Å². The van der Waals surface area contributed by atoms with E-state index in [2.05, 4.69) is 66.4 Å². The number of fused-ring (bicyclic) bond motifs is 2. The summed E-state index contributed by atoms with van der Waals surface area (Å²) in [6.07, 6.45) is 9.43. The van der Waals surface area contributed by atoms with Crippen LogP contribution in [0.4, 0.5) is 5.69 Å². The van der Waals surface area contributed by atoms with E-state index in [0.717, 1.165) is 11.8 Å². The zero-order valence-electron chi connectivity index (χ0n) is 19.2. The van der Waals surface area contributed by atoms with Crippen molar-refractivity contribution in [2.24, 2.45) is 18.9 Å². The van der Waals surface area contributed by atoms with Crippen LogP contribution in [0.15, 0.2) is 77.1 Å². The van der Waals surface area contributed by atoms with Gasteiger partial charge in [0.15, 0.2) is 17.5 Å². The van der Waals surface area contributed by atoms with Crippen molar-refractivity contribution in [1.29, 1.82) is 0 Å². The highest BCUT2D eigenvalue weighted by Crippen LogP contribution is 2.46. The molecule has 2 aliphatic rings. The largest absolute Gasteiger partial charge is 0.371 e. The normalized spacial score (nSPS) is 18.3. The molecule has 0 amide bonds. The Balaban J connectivity index is 0.000000131. The van der Waals surface area contributed by atoms with Gasteiger partial charge in [-0.1, -0.05) is 17.3 Å². The third-order valence-corrected chi connectivity index (χ3v) is 6.62. The van der Waals surface area contributed by atoms with Gasteiger partial charge in [-0.2, -0.15) is 4.98 Å². The van der Waals surface area contributed by atoms with Gasteiger partial charge in [-0.3, -0.25) is 14.3 Å². The van der Waals surface area contributed by atoms with Crippen LogP contribution in [-0.2, 0) is 13.6 Å². The van der Waals surface area contributed by atoms with Gasteiger partial charge in [0.25, 0.3) is 5.56 Å². The summed E-state index contributed by atoms with van der Waals surface area (Å²) in [6, 6.07) is 13.0. The summed E-state index contributed by atoms with van der Waals surface area (Å²) in [5.74, 6) is 2.32. The number of aryl methyl sites for hydroxylation is 1. The number of rotatable bonds is 4. The number of hydrogen-bond acceptors (Lipinski definition) is 8. The maximum Gasteiger partial charge on any atom is 0.280 e. The molecular formula is C25H24N8O2. The van der Waals surface area contributed by atoms with Crippen molar-refractivity contribution in [2.45, 2.75) is 13.0 Å². The molecule has 1 aromatic carbocycles. The molecule has 5 aromatic rings. The van der Waals surface area contributed by atoms with Crippen LogP contribution in [0.5, 0.6) is 0 Å². The standard InChI is InChI=1S/C16H16N2.C9H8N6O2/c1-2-13(12-4-6-17-7-5-12)9-16(3-1)18-10-14-8-15(14)11-18;1-14-4-11-8-7(14)9(16)15(5-12-8)2-6-10-3-13-17-6/h1-7,9,14-15H,8,10-11H2;3-5H,2H2,1H3/t14-,15+;. The van der Waals surface area contributed by atoms with Crippen LogP contribution in [0.1, 0.15) is 12.3 Å². The van der Waals surface area contributed by atoms with Crippen molar-refractivity contribution < 1.29 is 4.52 Å². The van der Waals surface area contributed by atoms with Gasteiger partial charge in [-0.05, 0) is 53.6 Å². The van der Waals surface area contributed by atoms with Gasteiger partial charge in [0.2, 0.25) is 5.89 Å². The van der Waals surface area contributed by atoms with Gasteiger partial charge in [0, 0.05) is 38.2 Å². The zero-order valence-corrected chi connectivity index (χ0v) is 19.2. The Kier molecular flexibility index (Phi) is 5.32. The second kappa shape index (κ2) is 8.79. The molecule has 1 saturated carbocycles. The van der Waals surface area contributed by atoms with Crippen LogP contribution in [0.3, 0.4) is 0 Å². The van der Waals surface area contributed by atoms with Gasteiger partial charge in [0.1, 0.15) is 12.9 Å². The highest BCUT2D eigenvalue weighted by molar-refractivity contribution is 5.69. The number of aromatic nitrogens is 7. The molecule has 1 aliphatic carbocycles. The van der Waals surface area contributed by atoms with E-state index >= 15 is 0 Å². The lowest BCUT2D eigenvalue weighted by Gasteiger charge is -2.20. The molecule has 2 fully saturated rings. The molecule has 2 atom stereocenters. The van der Waals surface area contributed by atoms with Crippen LogP contribution < -0.4 is 10.5 Å². The van der Waals surface area contributed by atoms with Crippen molar-refractivity contribution in [3.8, 4) is 11.1 Å². The van der Waals surface area contributed by atoms with Crippen LogP contribution in [0, 0.1) is 11.8 Å². The van der Waals surface area contributed by atoms with E-state index in [9.17, 15) is 4.79 Å². The summed E-state index contributed by atoms with van der Waals surface area (Å²) < 4.78 is 7.88. The van der Waals surface area contributed by atoms with E-state index in [1.54, 1.807) is 17.9 Å². The second-order valence-corrected chi connectivity index (χ2v) is 8.99.